The second-order valence-electron chi connectivity index (χ2n) is 7.58. The maximum atomic E-state index is 12.5. The van der Waals surface area contributed by atoms with Crippen LogP contribution in [0, 0.1) is 0 Å². The largest absolute Gasteiger partial charge is 0.398 e. The van der Waals surface area contributed by atoms with Gasteiger partial charge in [0.25, 0.3) is 20.2 Å². The Hall–Kier alpha value is -3.13. The summed E-state index contributed by atoms with van der Waals surface area (Å²) in [6.07, 6.45) is 0. The maximum Gasteiger partial charge on any atom is 0.397 e. The van der Waals surface area contributed by atoms with Gasteiger partial charge >= 0.3 is 10.4 Å². The Labute approximate surface area is 247 Å². The van der Waals surface area contributed by atoms with E-state index in [0.29, 0.717) is 6.07 Å². The highest BCUT2D eigenvalue weighted by Gasteiger charge is 2.24. The molecule has 0 aliphatic rings. The standard InChI is InChI=1S/C17H15Cl2N7O12S4/c18-15-22-16(19)24-17(23-15)21-11-6-9(20)13(40(29,30)31)7-12(11)26-25-10-2-1-8(5-14(10)41(32,33)34)39(27,28)4-3-38-42(35,36)37/h1-2,5-7H,3-4,20H2,(H,29,30,31)(H,32,33,34)(H,35,36,37)(H,21,22,23,24). The molecule has 0 unspecified atom stereocenters. The molecule has 1 aromatic heterocycles. The van der Waals surface area contributed by atoms with Crippen LogP contribution in [0.25, 0.3) is 0 Å². The highest BCUT2D eigenvalue weighted by atomic mass is 35.5. The minimum Gasteiger partial charge on any atom is -0.398 e. The molecule has 6 N–H and O–H groups in total. The molecular formula is C17H15Cl2N7O12S4. The van der Waals surface area contributed by atoms with Crippen LogP contribution in [0.5, 0.6) is 0 Å². The van der Waals surface area contributed by atoms with Crippen molar-refractivity contribution in [2.24, 2.45) is 10.2 Å². The summed E-state index contributed by atoms with van der Waals surface area (Å²) in [6, 6.07) is 3.78. The molecule has 0 saturated carbocycles. The number of hydrogen-bond donors (Lipinski definition) is 5. The predicted octanol–water partition coefficient (Wildman–Crippen LogP) is 2.01. The van der Waals surface area contributed by atoms with Crippen molar-refractivity contribution < 1.29 is 51.5 Å². The summed E-state index contributed by atoms with van der Waals surface area (Å²) in [6.45, 7) is -1.02. The van der Waals surface area contributed by atoms with E-state index in [0.717, 1.165) is 24.3 Å². The average Bonchev–Trinajstić information content (AvgIpc) is 2.80. The van der Waals surface area contributed by atoms with E-state index in [9.17, 15) is 42.8 Å². The Bertz CT molecular complexity index is 2000. The Morgan fingerprint density at radius 1 is 0.810 bits per heavy atom. The van der Waals surface area contributed by atoms with E-state index in [4.69, 9.17) is 33.5 Å². The van der Waals surface area contributed by atoms with Crippen LogP contribution in [0.2, 0.25) is 10.6 Å². The van der Waals surface area contributed by atoms with Crippen molar-refractivity contribution in [1.29, 1.82) is 0 Å². The number of nitrogens with zero attached hydrogens (tertiary/aromatic N) is 5. The Morgan fingerprint density at radius 3 is 1.93 bits per heavy atom. The fourth-order valence-corrected chi connectivity index (χ4v) is 6.16. The molecule has 0 fully saturated rings. The van der Waals surface area contributed by atoms with Crippen LogP contribution in [-0.2, 0) is 44.7 Å². The van der Waals surface area contributed by atoms with Gasteiger partial charge in [-0.05, 0) is 53.5 Å². The first kappa shape index (κ1) is 33.4. The first-order valence-electron chi connectivity index (χ1n) is 10.3. The number of nitrogens with two attached hydrogens (primary N) is 1. The van der Waals surface area contributed by atoms with Crippen LogP contribution in [0.1, 0.15) is 0 Å². The van der Waals surface area contributed by atoms with Crippen LogP contribution in [0.4, 0.5) is 28.7 Å². The molecule has 228 valence electrons. The van der Waals surface area contributed by atoms with Crippen LogP contribution >= 0.6 is 23.2 Å². The highest BCUT2D eigenvalue weighted by molar-refractivity contribution is 7.91. The summed E-state index contributed by atoms with van der Waals surface area (Å²) in [5.41, 5.74) is 3.94. The van der Waals surface area contributed by atoms with E-state index < -0.39 is 84.6 Å². The molecule has 0 radical (unpaired) electrons. The van der Waals surface area contributed by atoms with Gasteiger partial charge in [0.2, 0.25) is 16.5 Å². The molecule has 25 heteroatoms. The SMILES string of the molecule is Nc1cc(Nc2nc(Cl)nc(Cl)n2)c(N=Nc2ccc(S(=O)(=O)CCOS(=O)(=O)O)cc2S(=O)(=O)O)cc1S(=O)(=O)O. The molecule has 0 atom stereocenters. The number of rotatable bonds is 11. The molecule has 3 aromatic rings. The lowest BCUT2D eigenvalue weighted by atomic mass is 10.2. The summed E-state index contributed by atoms with van der Waals surface area (Å²) in [4.78, 5) is 8.39. The Morgan fingerprint density at radius 2 is 1.38 bits per heavy atom. The number of hydrogen-bond acceptors (Lipinski definition) is 16. The van der Waals surface area contributed by atoms with Crippen molar-refractivity contribution in [3.05, 3.63) is 40.9 Å². The molecule has 19 nitrogen and oxygen atoms in total. The van der Waals surface area contributed by atoms with Crippen LogP contribution < -0.4 is 11.1 Å². The van der Waals surface area contributed by atoms with Crippen molar-refractivity contribution in [2.45, 2.75) is 14.7 Å². The van der Waals surface area contributed by atoms with Crippen molar-refractivity contribution in [3.63, 3.8) is 0 Å². The number of nitrogens with one attached hydrogen (secondary N) is 1. The van der Waals surface area contributed by atoms with Crippen molar-refractivity contribution >= 4 is 92.4 Å². The van der Waals surface area contributed by atoms with Gasteiger partial charge in [-0.1, -0.05) is 0 Å². The van der Waals surface area contributed by atoms with Gasteiger partial charge in [0, 0.05) is 0 Å². The number of azo groups is 1. The third-order valence-electron chi connectivity index (χ3n) is 4.65. The molecule has 0 saturated heterocycles. The van der Waals surface area contributed by atoms with Gasteiger partial charge in [-0.25, -0.2) is 12.6 Å². The van der Waals surface area contributed by atoms with Crippen LogP contribution in [0.3, 0.4) is 0 Å². The van der Waals surface area contributed by atoms with E-state index in [1.807, 2.05) is 0 Å². The minimum atomic E-state index is -5.18. The number of nitrogen functional groups attached to an aromatic ring is 1. The van der Waals surface area contributed by atoms with Gasteiger partial charge in [0.05, 0.1) is 28.6 Å². The Kier molecular flexibility index (Phi) is 9.72. The minimum absolute atomic E-state index is 0.187. The number of sulfone groups is 1. The molecule has 0 bridgehead atoms. The maximum absolute atomic E-state index is 12.5. The second kappa shape index (κ2) is 12.2. The van der Waals surface area contributed by atoms with Gasteiger partial charge in [-0.3, -0.25) is 13.7 Å². The van der Waals surface area contributed by atoms with E-state index in [2.05, 4.69) is 34.7 Å². The zero-order valence-corrected chi connectivity index (χ0v) is 24.8. The summed E-state index contributed by atoms with van der Waals surface area (Å²) < 4.78 is 126. The van der Waals surface area contributed by atoms with Crippen molar-refractivity contribution in [3.8, 4) is 0 Å². The number of halogens is 2. The highest BCUT2D eigenvalue weighted by Crippen LogP contribution is 2.37. The van der Waals surface area contributed by atoms with Gasteiger partial charge in [-0.15, -0.1) is 10.2 Å². The molecule has 2 aromatic carbocycles. The van der Waals surface area contributed by atoms with E-state index in [-0.39, 0.29) is 22.2 Å². The summed E-state index contributed by atoms with van der Waals surface area (Å²) in [5.74, 6) is -1.32. The fraction of sp³-hybridized carbons (Fsp3) is 0.118. The molecule has 0 aliphatic heterocycles. The number of anilines is 3. The van der Waals surface area contributed by atoms with E-state index in [1.165, 1.54) is 0 Å². The lowest BCUT2D eigenvalue weighted by Gasteiger charge is -2.11. The first-order valence-corrected chi connectivity index (χ1v) is 16.9. The fourth-order valence-electron chi connectivity index (χ4n) is 2.95. The lowest BCUT2D eigenvalue weighted by Crippen LogP contribution is -2.16. The quantitative estimate of drug-likeness (QED) is 0.108. The first-order chi connectivity index (χ1) is 19.2. The van der Waals surface area contributed by atoms with Crippen LogP contribution in [-0.4, -0.2) is 74.6 Å². The molecular weight excluding hydrogens is 693 g/mol. The normalized spacial score (nSPS) is 13.0. The smallest absolute Gasteiger partial charge is 0.397 e. The van der Waals surface area contributed by atoms with Crippen molar-refractivity contribution in [2.75, 3.05) is 23.4 Å². The number of benzene rings is 2. The third-order valence-corrected chi connectivity index (χ3v) is 8.92. The molecule has 0 aliphatic carbocycles. The van der Waals surface area contributed by atoms with Crippen molar-refractivity contribution in [1.82, 2.24) is 15.0 Å². The second-order valence-corrected chi connectivity index (χ2v) is 14.2. The molecule has 42 heavy (non-hydrogen) atoms. The van der Waals surface area contributed by atoms with Gasteiger partial charge in [0.1, 0.15) is 21.2 Å². The summed E-state index contributed by atoms with van der Waals surface area (Å²) in [7, 11) is -19.5. The van der Waals surface area contributed by atoms with Gasteiger partial charge < -0.3 is 11.1 Å². The Balaban J connectivity index is 2.11. The van der Waals surface area contributed by atoms with E-state index in [1.54, 1.807) is 0 Å². The average molecular weight is 709 g/mol. The predicted molar refractivity (Wildman–Crippen MR) is 144 cm³/mol. The number of aromatic nitrogens is 3. The van der Waals surface area contributed by atoms with E-state index >= 15 is 0 Å². The molecule has 0 spiro atoms. The molecule has 0 amide bonds. The zero-order chi connectivity index (χ0) is 31.7. The summed E-state index contributed by atoms with van der Waals surface area (Å²) in [5, 5.41) is 9.23. The zero-order valence-electron chi connectivity index (χ0n) is 20.0. The molecule has 1 heterocycles. The van der Waals surface area contributed by atoms with Crippen LogP contribution in [0.15, 0.2) is 55.2 Å². The molecule has 3 rings (SSSR count). The monoisotopic (exact) mass is 707 g/mol. The van der Waals surface area contributed by atoms with Gasteiger partial charge in [-0.2, -0.15) is 40.2 Å². The summed E-state index contributed by atoms with van der Waals surface area (Å²) >= 11 is 11.5. The topological polar surface area (TPSA) is 308 Å². The lowest BCUT2D eigenvalue weighted by molar-refractivity contribution is 0.284. The van der Waals surface area contributed by atoms with Gasteiger partial charge in [0.15, 0.2) is 9.84 Å². The third kappa shape index (κ3) is 8.93.